The zero-order valence-electron chi connectivity index (χ0n) is 12.6. The molecule has 0 aromatic heterocycles. The smallest absolute Gasteiger partial charge is 0.265 e. The van der Waals surface area contributed by atoms with Gasteiger partial charge in [-0.25, -0.2) is 5.84 Å². The molecule has 3 N–H and O–H groups in total. The maximum atomic E-state index is 12.0. The van der Waals surface area contributed by atoms with Gasteiger partial charge in [0.15, 0.2) is 18.1 Å². The fourth-order valence-corrected chi connectivity index (χ4v) is 2.32. The number of rotatable bonds is 6. The molecule has 2 rings (SSSR count). The quantitative estimate of drug-likeness (QED) is 0.458. The highest BCUT2D eigenvalue weighted by Crippen LogP contribution is 2.28. The number of nitrogen functional groups attached to an aromatic ring is 1. The Balaban J connectivity index is 2.05. The van der Waals surface area contributed by atoms with Gasteiger partial charge in [-0.05, 0) is 38.0 Å². The number of amides is 2. The maximum Gasteiger partial charge on any atom is 0.265 e. The van der Waals surface area contributed by atoms with Crippen LogP contribution >= 0.6 is 0 Å². The molecule has 1 aromatic carbocycles. The van der Waals surface area contributed by atoms with Crippen LogP contribution in [0, 0.1) is 0 Å². The van der Waals surface area contributed by atoms with E-state index >= 15 is 0 Å². The highest BCUT2D eigenvalue weighted by molar-refractivity contribution is 5.94. The summed E-state index contributed by atoms with van der Waals surface area (Å²) in [7, 11) is 0. The highest BCUT2D eigenvalue weighted by Gasteiger charge is 2.19. The zero-order valence-corrected chi connectivity index (χ0v) is 12.6. The Labute approximate surface area is 129 Å². The van der Waals surface area contributed by atoms with E-state index < -0.39 is 5.91 Å². The number of nitrogens with two attached hydrogens (primary N) is 1. The predicted octanol–water partition coefficient (Wildman–Crippen LogP) is 0.690. The molecule has 7 heteroatoms. The maximum absolute atomic E-state index is 12.0. The van der Waals surface area contributed by atoms with Crippen molar-refractivity contribution in [2.75, 3.05) is 26.3 Å². The lowest BCUT2D eigenvalue weighted by atomic mass is 10.2. The van der Waals surface area contributed by atoms with Crippen molar-refractivity contribution in [3.8, 4) is 11.5 Å². The van der Waals surface area contributed by atoms with Crippen LogP contribution in [0.25, 0.3) is 0 Å². The van der Waals surface area contributed by atoms with E-state index in [0.717, 1.165) is 25.9 Å². The number of nitrogens with one attached hydrogen (secondary N) is 1. The Bertz CT molecular complexity index is 542. The van der Waals surface area contributed by atoms with E-state index in [-0.39, 0.29) is 12.5 Å². The van der Waals surface area contributed by atoms with E-state index in [1.807, 2.05) is 6.92 Å². The molecule has 1 aliphatic rings. The molecule has 0 atom stereocenters. The summed E-state index contributed by atoms with van der Waals surface area (Å²) in [5.74, 6) is 5.51. The van der Waals surface area contributed by atoms with Crippen molar-refractivity contribution >= 4 is 11.8 Å². The third kappa shape index (κ3) is 3.88. The van der Waals surface area contributed by atoms with Gasteiger partial charge in [0.05, 0.1) is 6.61 Å². The van der Waals surface area contributed by atoms with Crippen molar-refractivity contribution in [1.82, 2.24) is 10.3 Å². The standard InChI is InChI=1S/C15H21N3O4/c1-2-21-13-9-11(15(20)17-16)5-6-12(13)22-10-14(19)18-7-3-4-8-18/h5-6,9H,2-4,7-8,10,16H2,1H3,(H,17,20). The van der Waals surface area contributed by atoms with Crippen molar-refractivity contribution < 1.29 is 19.1 Å². The van der Waals surface area contributed by atoms with Gasteiger partial charge in [0.2, 0.25) is 0 Å². The van der Waals surface area contributed by atoms with Gasteiger partial charge >= 0.3 is 0 Å². The van der Waals surface area contributed by atoms with Crippen LogP contribution in [0.2, 0.25) is 0 Å². The Morgan fingerprint density at radius 1 is 1.23 bits per heavy atom. The van der Waals surface area contributed by atoms with E-state index in [1.54, 1.807) is 23.1 Å². The SMILES string of the molecule is CCOc1cc(C(=O)NN)ccc1OCC(=O)N1CCCC1. The number of carbonyl (C=O) groups is 2. The summed E-state index contributed by atoms with van der Waals surface area (Å²) in [5.41, 5.74) is 2.43. The Hall–Kier alpha value is -2.28. The average Bonchev–Trinajstić information content (AvgIpc) is 3.07. The van der Waals surface area contributed by atoms with E-state index in [1.165, 1.54) is 0 Å². The monoisotopic (exact) mass is 307 g/mol. The number of nitrogens with zero attached hydrogens (tertiary/aromatic N) is 1. The first-order valence-corrected chi connectivity index (χ1v) is 7.34. The second-order valence-corrected chi connectivity index (χ2v) is 4.94. The van der Waals surface area contributed by atoms with E-state index in [0.29, 0.717) is 23.7 Å². The van der Waals surface area contributed by atoms with Gasteiger partial charge < -0.3 is 14.4 Å². The van der Waals surface area contributed by atoms with Crippen molar-refractivity contribution in [1.29, 1.82) is 0 Å². The van der Waals surface area contributed by atoms with Crippen molar-refractivity contribution in [2.24, 2.45) is 5.84 Å². The summed E-state index contributed by atoms with van der Waals surface area (Å²) in [5, 5.41) is 0. The molecule has 1 aromatic rings. The number of carbonyl (C=O) groups excluding carboxylic acids is 2. The Morgan fingerprint density at radius 2 is 1.95 bits per heavy atom. The number of hydrogen-bond donors (Lipinski definition) is 2. The van der Waals surface area contributed by atoms with Crippen molar-refractivity contribution in [2.45, 2.75) is 19.8 Å². The van der Waals surface area contributed by atoms with Crippen LogP contribution in [0.15, 0.2) is 18.2 Å². The van der Waals surface area contributed by atoms with Crippen LogP contribution < -0.4 is 20.7 Å². The Morgan fingerprint density at radius 3 is 2.59 bits per heavy atom. The van der Waals surface area contributed by atoms with Crippen LogP contribution in [0.1, 0.15) is 30.1 Å². The fraction of sp³-hybridized carbons (Fsp3) is 0.467. The van der Waals surface area contributed by atoms with Gasteiger partial charge in [-0.15, -0.1) is 0 Å². The summed E-state index contributed by atoms with van der Waals surface area (Å²) in [6, 6.07) is 4.72. The van der Waals surface area contributed by atoms with E-state index in [4.69, 9.17) is 15.3 Å². The summed E-state index contributed by atoms with van der Waals surface area (Å²) in [6.45, 7) is 3.79. The molecule has 120 valence electrons. The molecule has 0 radical (unpaired) electrons. The first-order valence-electron chi connectivity index (χ1n) is 7.34. The number of likely N-dealkylation sites (tertiary alicyclic amines) is 1. The summed E-state index contributed by atoms with van der Waals surface area (Å²) in [4.78, 5) is 25.3. The van der Waals surface area contributed by atoms with Gasteiger partial charge in [-0.1, -0.05) is 0 Å². The van der Waals surface area contributed by atoms with Gasteiger partial charge in [0, 0.05) is 18.7 Å². The highest BCUT2D eigenvalue weighted by atomic mass is 16.5. The molecule has 2 amide bonds. The Kier molecular flexibility index (Phi) is 5.60. The zero-order chi connectivity index (χ0) is 15.9. The predicted molar refractivity (Wildman–Crippen MR) is 80.6 cm³/mol. The van der Waals surface area contributed by atoms with Crippen molar-refractivity contribution in [3.05, 3.63) is 23.8 Å². The van der Waals surface area contributed by atoms with Crippen LogP contribution in [0.5, 0.6) is 11.5 Å². The molecule has 0 bridgehead atoms. The number of ether oxygens (including phenoxy) is 2. The van der Waals surface area contributed by atoms with Crippen molar-refractivity contribution in [3.63, 3.8) is 0 Å². The number of benzene rings is 1. The molecular weight excluding hydrogens is 286 g/mol. The minimum Gasteiger partial charge on any atom is -0.490 e. The van der Waals surface area contributed by atoms with Gasteiger partial charge in [0.25, 0.3) is 11.8 Å². The van der Waals surface area contributed by atoms with Gasteiger partial charge in [-0.3, -0.25) is 15.0 Å². The molecule has 22 heavy (non-hydrogen) atoms. The topological polar surface area (TPSA) is 93.9 Å². The molecule has 1 aliphatic heterocycles. The third-order valence-corrected chi connectivity index (χ3v) is 3.45. The summed E-state index contributed by atoms with van der Waals surface area (Å²) >= 11 is 0. The van der Waals surface area contributed by atoms with Crippen LogP contribution in [0.4, 0.5) is 0 Å². The average molecular weight is 307 g/mol. The molecule has 7 nitrogen and oxygen atoms in total. The first-order chi connectivity index (χ1) is 10.7. The molecular formula is C15H21N3O4. The molecule has 1 saturated heterocycles. The largest absolute Gasteiger partial charge is 0.490 e. The van der Waals surface area contributed by atoms with Gasteiger partial charge in [0.1, 0.15) is 0 Å². The van der Waals surface area contributed by atoms with Crippen LogP contribution in [-0.2, 0) is 4.79 Å². The molecule has 0 spiro atoms. The number of hydrazine groups is 1. The molecule has 0 saturated carbocycles. The second-order valence-electron chi connectivity index (χ2n) is 4.94. The van der Waals surface area contributed by atoms with Crippen LogP contribution in [0.3, 0.4) is 0 Å². The third-order valence-electron chi connectivity index (χ3n) is 3.45. The number of hydrogen-bond acceptors (Lipinski definition) is 5. The minimum absolute atomic E-state index is 0.0382. The fourth-order valence-electron chi connectivity index (χ4n) is 2.32. The minimum atomic E-state index is -0.416. The lowest BCUT2D eigenvalue weighted by molar-refractivity contribution is -0.132. The molecule has 0 unspecified atom stereocenters. The molecule has 0 aliphatic carbocycles. The molecule has 1 fully saturated rings. The summed E-state index contributed by atoms with van der Waals surface area (Å²) < 4.78 is 11.0. The van der Waals surface area contributed by atoms with Crippen LogP contribution in [-0.4, -0.2) is 43.0 Å². The van der Waals surface area contributed by atoms with Gasteiger partial charge in [-0.2, -0.15) is 0 Å². The lowest BCUT2D eigenvalue weighted by Gasteiger charge is -2.17. The first kappa shape index (κ1) is 16.1. The summed E-state index contributed by atoms with van der Waals surface area (Å²) in [6.07, 6.45) is 2.08. The molecule has 1 heterocycles. The second kappa shape index (κ2) is 7.65. The lowest BCUT2D eigenvalue weighted by Crippen LogP contribution is -2.32. The van der Waals surface area contributed by atoms with E-state index in [9.17, 15) is 9.59 Å². The normalized spacial score (nSPS) is 13.8. The van der Waals surface area contributed by atoms with E-state index in [2.05, 4.69) is 5.43 Å².